The summed E-state index contributed by atoms with van der Waals surface area (Å²) in [5, 5.41) is 12.2. The molecular formula is C11H13N3O2. The predicted molar refractivity (Wildman–Crippen MR) is 55.7 cm³/mol. The van der Waals surface area contributed by atoms with Crippen molar-refractivity contribution in [2.75, 3.05) is 13.6 Å². The van der Waals surface area contributed by atoms with Crippen molar-refractivity contribution >= 4 is 5.91 Å². The van der Waals surface area contributed by atoms with Crippen LogP contribution in [-0.4, -0.2) is 29.6 Å². The van der Waals surface area contributed by atoms with E-state index in [4.69, 9.17) is 9.78 Å². The summed E-state index contributed by atoms with van der Waals surface area (Å²) < 4.78 is 5.10. The van der Waals surface area contributed by atoms with Crippen LogP contribution in [0.3, 0.4) is 0 Å². The highest BCUT2D eigenvalue weighted by Gasteiger charge is 2.29. The molecule has 1 saturated carbocycles. The Kier molecular flexibility index (Phi) is 2.91. The fourth-order valence-corrected chi connectivity index (χ4v) is 1.47. The van der Waals surface area contributed by atoms with Gasteiger partial charge in [0, 0.05) is 25.6 Å². The molecule has 0 bridgehead atoms. The Labute approximate surface area is 93.6 Å². The van der Waals surface area contributed by atoms with E-state index < -0.39 is 0 Å². The van der Waals surface area contributed by atoms with Crippen LogP contribution < -0.4 is 0 Å². The fraction of sp³-hybridized carbons (Fsp3) is 0.545. The minimum absolute atomic E-state index is 0.189. The molecule has 0 radical (unpaired) electrons. The first-order valence-corrected chi connectivity index (χ1v) is 5.31. The first kappa shape index (κ1) is 10.7. The van der Waals surface area contributed by atoms with E-state index in [9.17, 15) is 4.79 Å². The molecule has 1 heterocycles. The molecular weight excluding hydrogens is 206 g/mol. The molecule has 1 aromatic heterocycles. The van der Waals surface area contributed by atoms with Crippen molar-refractivity contribution in [3.05, 3.63) is 17.5 Å². The lowest BCUT2D eigenvalue weighted by Gasteiger charge is -2.12. The molecule has 5 nitrogen and oxygen atoms in total. The second-order valence-electron chi connectivity index (χ2n) is 4.02. The first-order valence-electron chi connectivity index (χ1n) is 5.31. The molecule has 0 N–H and O–H groups in total. The molecule has 84 valence electrons. The van der Waals surface area contributed by atoms with Crippen LogP contribution in [0.4, 0.5) is 0 Å². The SMILES string of the molecule is CN(CCC#N)C(=O)c1cc(C2CC2)on1. The Morgan fingerprint density at radius 2 is 2.50 bits per heavy atom. The van der Waals surface area contributed by atoms with Crippen molar-refractivity contribution in [1.29, 1.82) is 5.26 Å². The zero-order chi connectivity index (χ0) is 11.5. The largest absolute Gasteiger partial charge is 0.360 e. The van der Waals surface area contributed by atoms with Crippen LogP contribution in [0.5, 0.6) is 0 Å². The average Bonchev–Trinajstić information content (AvgIpc) is 3.03. The standard InChI is InChI=1S/C11H13N3O2/c1-14(6-2-5-12)11(15)9-7-10(16-13-9)8-3-4-8/h7-8H,2-4,6H2,1H3. The van der Waals surface area contributed by atoms with Crippen molar-refractivity contribution in [3.8, 4) is 6.07 Å². The lowest BCUT2D eigenvalue weighted by atomic mass is 10.2. The maximum absolute atomic E-state index is 11.8. The number of rotatable bonds is 4. The summed E-state index contributed by atoms with van der Waals surface area (Å²) >= 11 is 0. The molecule has 0 aromatic carbocycles. The molecule has 0 aliphatic heterocycles. The molecule has 0 saturated heterocycles. The predicted octanol–water partition coefficient (Wildman–Crippen LogP) is 1.54. The molecule has 1 aliphatic carbocycles. The molecule has 1 aliphatic rings. The normalized spacial score (nSPS) is 14.5. The van der Waals surface area contributed by atoms with Gasteiger partial charge < -0.3 is 9.42 Å². The van der Waals surface area contributed by atoms with Crippen molar-refractivity contribution < 1.29 is 9.32 Å². The van der Waals surface area contributed by atoms with Gasteiger partial charge in [0.05, 0.1) is 12.5 Å². The minimum atomic E-state index is -0.189. The summed E-state index contributed by atoms with van der Waals surface area (Å²) in [6, 6.07) is 3.71. The van der Waals surface area contributed by atoms with Gasteiger partial charge in [-0.05, 0) is 12.8 Å². The smallest absolute Gasteiger partial charge is 0.275 e. The summed E-state index contributed by atoms with van der Waals surface area (Å²) in [4.78, 5) is 13.3. The zero-order valence-corrected chi connectivity index (χ0v) is 9.14. The highest BCUT2D eigenvalue weighted by atomic mass is 16.5. The Morgan fingerprint density at radius 1 is 1.75 bits per heavy atom. The Morgan fingerprint density at radius 3 is 3.12 bits per heavy atom. The van der Waals surface area contributed by atoms with E-state index in [0.29, 0.717) is 24.6 Å². The van der Waals surface area contributed by atoms with Gasteiger partial charge in [0.25, 0.3) is 5.91 Å². The molecule has 0 spiro atoms. The summed E-state index contributed by atoms with van der Waals surface area (Å²) in [7, 11) is 1.66. The minimum Gasteiger partial charge on any atom is -0.360 e. The van der Waals surface area contributed by atoms with Crippen molar-refractivity contribution in [1.82, 2.24) is 10.1 Å². The van der Waals surface area contributed by atoms with E-state index >= 15 is 0 Å². The summed E-state index contributed by atoms with van der Waals surface area (Å²) in [5.74, 6) is 1.07. The second kappa shape index (κ2) is 4.35. The number of carbonyl (C=O) groups is 1. The lowest BCUT2D eigenvalue weighted by Crippen LogP contribution is -2.27. The van der Waals surface area contributed by atoms with Crippen LogP contribution in [0, 0.1) is 11.3 Å². The monoisotopic (exact) mass is 219 g/mol. The summed E-state index contributed by atoms with van der Waals surface area (Å²) in [6.07, 6.45) is 2.57. The quantitative estimate of drug-likeness (QED) is 0.770. The number of amides is 1. The lowest BCUT2D eigenvalue weighted by molar-refractivity contribution is 0.0787. The molecule has 1 fully saturated rings. The van der Waals surface area contributed by atoms with Gasteiger partial charge in [-0.25, -0.2) is 0 Å². The van der Waals surface area contributed by atoms with Crippen LogP contribution in [0.1, 0.15) is 41.4 Å². The van der Waals surface area contributed by atoms with E-state index in [1.807, 2.05) is 6.07 Å². The van der Waals surface area contributed by atoms with Gasteiger partial charge in [-0.2, -0.15) is 5.26 Å². The van der Waals surface area contributed by atoms with Crippen LogP contribution in [0.15, 0.2) is 10.6 Å². The van der Waals surface area contributed by atoms with Crippen LogP contribution in [0.2, 0.25) is 0 Å². The molecule has 1 amide bonds. The zero-order valence-electron chi connectivity index (χ0n) is 9.14. The third-order valence-corrected chi connectivity index (χ3v) is 2.63. The number of hydrogen-bond donors (Lipinski definition) is 0. The van der Waals surface area contributed by atoms with E-state index in [0.717, 1.165) is 18.6 Å². The van der Waals surface area contributed by atoms with Gasteiger partial charge in [0.2, 0.25) is 0 Å². The third-order valence-electron chi connectivity index (χ3n) is 2.63. The van der Waals surface area contributed by atoms with Gasteiger partial charge >= 0.3 is 0 Å². The number of hydrogen-bond acceptors (Lipinski definition) is 4. The number of nitriles is 1. The third kappa shape index (κ3) is 2.22. The molecule has 0 atom stereocenters. The second-order valence-corrected chi connectivity index (χ2v) is 4.02. The van der Waals surface area contributed by atoms with E-state index in [1.165, 1.54) is 4.90 Å². The highest BCUT2D eigenvalue weighted by Crippen LogP contribution is 2.40. The average molecular weight is 219 g/mol. The van der Waals surface area contributed by atoms with E-state index in [1.54, 1.807) is 13.1 Å². The number of nitrogens with zero attached hydrogens (tertiary/aromatic N) is 3. The van der Waals surface area contributed by atoms with Crippen LogP contribution >= 0.6 is 0 Å². The van der Waals surface area contributed by atoms with E-state index in [2.05, 4.69) is 5.16 Å². The number of aromatic nitrogens is 1. The van der Waals surface area contributed by atoms with E-state index in [-0.39, 0.29) is 5.91 Å². The van der Waals surface area contributed by atoms with Gasteiger partial charge in [-0.15, -0.1) is 0 Å². The summed E-state index contributed by atoms with van der Waals surface area (Å²) in [5.41, 5.74) is 0.335. The Bertz CT molecular complexity index is 429. The topological polar surface area (TPSA) is 70.1 Å². The molecule has 16 heavy (non-hydrogen) atoms. The van der Waals surface area contributed by atoms with Gasteiger partial charge in [-0.1, -0.05) is 5.16 Å². The number of carbonyl (C=O) groups excluding carboxylic acids is 1. The molecule has 0 unspecified atom stereocenters. The Hall–Kier alpha value is -1.83. The first-order chi connectivity index (χ1) is 7.72. The summed E-state index contributed by atoms with van der Waals surface area (Å²) in [6.45, 7) is 0.418. The van der Waals surface area contributed by atoms with Gasteiger partial charge in [0.15, 0.2) is 5.69 Å². The van der Waals surface area contributed by atoms with Gasteiger partial charge in [-0.3, -0.25) is 4.79 Å². The van der Waals surface area contributed by atoms with Crippen molar-refractivity contribution in [3.63, 3.8) is 0 Å². The van der Waals surface area contributed by atoms with Crippen LogP contribution in [-0.2, 0) is 0 Å². The maximum Gasteiger partial charge on any atom is 0.275 e. The maximum atomic E-state index is 11.8. The van der Waals surface area contributed by atoms with Gasteiger partial charge in [0.1, 0.15) is 5.76 Å². The molecule has 2 rings (SSSR count). The molecule has 5 heteroatoms. The molecule has 1 aromatic rings. The van der Waals surface area contributed by atoms with Crippen LogP contribution in [0.25, 0.3) is 0 Å². The Balaban J connectivity index is 1.99. The fourth-order valence-electron chi connectivity index (χ4n) is 1.47. The van der Waals surface area contributed by atoms with Crippen molar-refractivity contribution in [2.24, 2.45) is 0 Å². The van der Waals surface area contributed by atoms with Crippen molar-refractivity contribution in [2.45, 2.75) is 25.2 Å². The highest BCUT2D eigenvalue weighted by molar-refractivity contribution is 5.92.